The van der Waals surface area contributed by atoms with Crippen LogP contribution in [-0.4, -0.2) is 0 Å². The SMILES string of the molecule is [C]1=C\C=C/C2C=CC=CC2C2C=CC=CC/12. The van der Waals surface area contributed by atoms with Crippen LogP contribution in [0, 0.1) is 29.7 Å². The van der Waals surface area contributed by atoms with Crippen LogP contribution < -0.4 is 0 Å². The van der Waals surface area contributed by atoms with Gasteiger partial charge in [0.25, 0.3) is 0 Å². The molecular weight excluding hydrogens is 192 g/mol. The van der Waals surface area contributed by atoms with Crippen LogP contribution in [0.5, 0.6) is 0 Å². The molecule has 0 aromatic heterocycles. The normalized spacial score (nSPS) is 43.0. The smallest absolute Gasteiger partial charge is 0.00929 e. The van der Waals surface area contributed by atoms with Gasteiger partial charge in [-0.15, -0.1) is 0 Å². The van der Waals surface area contributed by atoms with Gasteiger partial charge in [-0.2, -0.15) is 0 Å². The molecule has 3 aliphatic rings. The van der Waals surface area contributed by atoms with Crippen molar-refractivity contribution in [3.63, 3.8) is 0 Å². The van der Waals surface area contributed by atoms with Crippen molar-refractivity contribution in [3.05, 3.63) is 72.9 Å². The summed E-state index contributed by atoms with van der Waals surface area (Å²) >= 11 is 0. The molecule has 0 bridgehead atoms. The highest BCUT2D eigenvalue weighted by Gasteiger charge is 2.29. The summed E-state index contributed by atoms with van der Waals surface area (Å²) < 4.78 is 0. The summed E-state index contributed by atoms with van der Waals surface area (Å²) in [5, 5.41) is 0. The predicted octanol–water partition coefficient (Wildman–Crippen LogP) is 3.63. The highest BCUT2D eigenvalue weighted by Crippen LogP contribution is 2.37. The number of allylic oxidation sites excluding steroid dienone is 12. The fourth-order valence-corrected chi connectivity index (χ4v) is 2.73. The summed E-state index contributed by atoms with van der Waals surface area (Å²) in [6.45, 7) is 0. The van der Waals surface area contributed by atoms with Crippen LogP contribution >= 0.6 is 0 Å². The quantitative estimate of drug-likeness (QED) is 0.569. The second-order valence-corrected chi connectivity index (χ2v) is 4.52. The molecule has 1 radical (unpaired) electrons. The Morgan fingerprint density at radius 1 is 0.625 bits per heavy atom. The molecule has 0 N–H and O–H groups in total. The summed E-state index contributed by atoms with van der Waals surface area (Å²) in [6, 6.07) is 0. The van der Waals surface area contributed by atoms with Crippen LogP contribution in [-0.2, 0) is 0 Å². The maximum atomic E-state index is 3.45. The Labute approximate surface area is 97.1 Å². The maximum Gasteiger partial charge on any atom is 0.00929 e. The third-order valence-electron chi connectivity index (χ3n) is 3.56. The van der Waals surface area contributed by atoms with Crippen molar-refractivity contribution in [2.75, 3.05) is 0 Å². The van der Waals surface area contributed by atoms with Crippen LogP contribution in [0.25, 0.3) is 0 Å². The van der Waals surface area contributed by atoms with Gasteiger partial charge in [0.2, 0.25) is 0 Å². The van der Waals surface area contributed by atoms with E-state index in [1.165, 1.54) is 0 Å². The molecule has 16 heavy (non-hydrogen) atoms. The number of hydrogen-bond donors (Lipinski definition) is 0. The zero-order valence-electron chi connectivity index (χ0n) is 9.16. The molecule has 4 unspecified atom stereocenters. The largest absolute Gasteiger partial charge is 0.0799 e. The van der Waals surface area contributed by atoms with E-state index < -0.39 is 0 Å². The molecule has 0 aliphatic heterocycles. The molecule has 0 spiro atoms. The van der Waals surface area contributed by atoms with E-state index in [0.29, 0.717) is 23.7 Å². The van der Waals surface area contributed by atoms with E-state index in [0.717, 1.165) is 0 Å². The Morgan fingerprint density at radius 2 is 1.31 bits per heavy atom. The zero-order valence-corrected chi connectivity index (χ0v) is 9.16. The van der Waals surface area contributed by atoms with Crippen molar-refractivity contribution in [2.24, 2.45) is 23.7 Å². The summed E-state index contributed by atoms with van der Waals surface area (Å²) in [7, 11) is 0. The Balaban J connectivity index is 1.99. The Bertz CT molecular complexity index is 387. The third-order valence-corrected chi connectivity index (χ3v) is 3.56. The van der Waals surface area contributed by atoms with Gasteiger partial charge in [0.05, 0.1) is 0 Å². The minimum atomic E-state index is 0.429. The fraction of sp³-hybridized carbons (Fsp3) is 0.250. The lowest BCUT2D eigenvalue weighted by Crippen LogP contribution is -2.26. The first-order valence-electron chi connectivity index (χ1n) is 5.91. The van der Waals surface area contributed by atoms with E-state index in [1.807, 2.05) is 0 Å². The molecule has 3 rings (SSSR count). The lowest BCUT2D eigenvalue weighted by molar-refractivity contribution is 0.362. The fourth-order valence-electron chi connectivity index (χ4n) is 2.73. The molecule has 0 heterocycles. The number of rotatable bonds is 0. The van der Waals surface area contributed by atoms with Crippen LogP contribution in [0.4, 0.5) is 0 Å². The minimum Gasteiger partial charge on any atom is -0.0799 e. The molecule has 0 fully saturated rings. The van der Waals surface area contributed by atoms with E-state index in [4.69, 9.17) is 0 Å². The van der Waals surface area contributed by atoms with Crippen molar-refractivity contribution in [1.29, 1.82) is 0 Å². The molecule has 0 aromatic carbocycles. The molecule has 79 valence electrons. The lowest BCUT2D eigenvalue weighted by atomic mass is 9.71. The van der Waals surface area contributed by atoms with Gasteiger partial charge in [0.1, 0.15) is 0 Å². The van der Waals surface area contributed by atoms with E-state index in [9.17, 15) is 0 Å². The van der Waals surface area contributed by atoms with E-state index in [1.54, 1.807) is 0 Å². The molecule has 0 saturated carbocycles. The van der Waals surface area contributed by atoms with Crippen LogP contribution in [0.2, 0.25) is 0 Å². The Hall–Kier alpha value is -1.56. The molecule has 0 saturated heterocycles. The molecule has 0 nitrogen and oxygen atoms in total. The van der Waals surface area contributed by atoms with Gasteiger partial charge >= 0.3 is 0 Å². The van der Waals surface area contributed by atoms with Crippen LogP contribution in [0.15, 0.2) is 66.8 Å². The number of fused-ring (bicyclic) bond motifs is 3. The van der Waals surface area contributed by atoms with Gasteiger partial charge in [-0.1, -0.05) is 66.8 Å². The average molecular weight is 207 g/mol. The monoisotopic (exact) mass is 207 g/mol. The summed E-state index contributed by atoms with van der Waals surface area (Å²) in [4.78, 5) is 0. The predicted molar refractivity (Wildman–Crippen MR) is 67.5 cm³/mol. The molecule has 3 aliphatic carbocycles. The first kappa shape index (κ1) is 9.65. The van der Waals surface area contributed by atoms with Gasteiger partial charge in [0.15, 0.2) is 0 Å². The highest BCUT2D eigenvalue weighted by atomic mass is 14.3. The average Bonchev–Trinajstić information content (AvgIpc) is 2.33. The molecule has 4 atom stereocenters. The van der Waals surface area contributed by atoms with Crippen molar-refractivity contribution in [3.8, 4) is 0 Å². The van der Waals surface area contributed by atoms with Gasteiger partial charge in [-0.25, -0.2) is 0 Å². The van der Waals surface area contributed by atoms with Crippen molar-refractivity contribution in [2.45, 2.75) is 0 Å². The van der Waals surface area contributed by atoms with Crippen LogP contribution in [0.1, 0.15) is 0 Å². The van der Waals surface area contributed by atoms with Crippen molar-refractivity contribution < 1.29 is 0 Å². The second-order valence-electron chi connectivity index (χ2n) is 4.52. The maximum absolute atomic E-state index is 3.45. The van der Waals surface area contributed by atoms with Crippen molar-refractivity contribution in [1.82, 2.24) is 0 Å². The summed E-state index contributed by atoms with van der Waals surface area (Å²) in [5.41, 5.74) is 0. The second kappa shape index (κ2) is 4.13. The molecular formula is C16H15. The third kappa shape index (κ3) is 1.65. The lowest BCUT2D eigenvalue weighted by Gasteiger charge is -2.33. The van der Waals surface area contributed by atoms with Gasteiger partial charge < -0.3 is 0 Å². The topological polar surface area (TPSA) is 0 Å². The first-order valence-corrected chi connectivity index (χ1v) is 5.91. The highest BCUT2D eigenvalue weighted by molar-refractivity contribution is 5.28. The molecule has 0 heteroatoms. The van der Waals surface area contributed by atoms with E-state index in [-0.39, 0.29) is 0 Å². The van der Waals surface area contributed by atoms with Gasteiger partial charge in [-0.05, 0) is 17.9 Å². The van der Waals surface area contributed by atoms with Crippen molar-refractivity contribution >= 4 is 0 Å². The number of hydrogen-bond acceptors (Lipinski definition) is 0. The van der Waals surface area contributed by atoms with Gasteiger partial charge in [0, 0.05) is 11.8 Å². The minimum absolute atomic E-state index is 0.429. The van der Waals surface area contributed by atoms with Gasteiger partial charge in [-0.3, -0.25) is 0 Å². The van der Waals surface area contributed by atoms with E-state index in [2.05, 4.69) is 72.9 Å². The standard InChI is InChI=1S/C16H15/c1-2-8-14-10-4-6-12-16(14)15-11-5-3-9-13(15)7-1/h1-7,9-16H/b7-1-,8-2?. The molecule has 0 aromatic rings. The summed E-state index contributed by atoms with van der Waals surface area (Å²) in [6.07, 6.45) is 27.7. The summed E-state index contributed by atoms with van der Waals surface area (Å²) in [5.74, 6) is 2.09. The Morgan fingerprint density at radius 3 is 2.25 bits per heavy atom. The first-order chi connectivity index (χ1) is 7.95. The van der Waals surface area contributed by atoms with E-state index >= 15 is 0 Å². The zero-order chi connectivity index (χ0) is 10.8. The van der Waals surface area contributed by atoms with Crippen LogP contribution in [0.3, 0.4) is 0 Å². The molecule has 0 amide bonds. The Kier molecular flexibility index (Phi) is 2.49.